The zero-order valence-electron chi connectivity index (χ0n) is 13.1. The van der Waals surface area contributed by atoms with E-state index >= 15 is 0 Å². The Morgan fingerprint density at radius 1 is 1.17 bits per heavy atom. The molecule has 1 amide bonds. The van der Waals surface area contributed by atoms with Crippen LogP contribution in [0.1, 0.15) is 23.7 Å². The van der Waals surface area contributed by atoms with Crippen LogP contribution in [0.5, 0.6) is 0 Å². The molecule has 0 unspecified atom stereocenters. The highest BCUT2D eigenvalue weighted by Gasteiger charge is 2.23. The normalized spacial score (nSPS) is 16.0. The molecular formula is C16H20F2N2O3. The summed E-state index contributed by atoms with van der Waals surface area (Å²) in [5.41, 5.74) is -0.134. The first-order chi connectivity index (χ1) is 11.0. The van der Waals surface area contributed by atoms with Crippen molar-refractivity contribution >= 4 is 11.9 Å². The lowest BCUT2D eigenvalue weighted by atomic mass is 10.1. The monoisotopic (exact) mass is 326 g/mol. The molecule has 126 valence electrons. The quantitative estimate of drug-likeness (QED) is 0.790. The van der Waals surface area contributed by atoms with Crippen molar-refractivity contribution in [3.8, 4) is 0 Å². The molecule has 0 aromatic heterocycles. The van der Waals surface area contributed by atoms with Crippen molar-refractivity contribution in [3.05, 3.63) is 35.4 Å². The van der Waals surface area contributed by atoms with Gasteiger partial charge in [-0.2, -0.15) is 0 Å². The van der Waals surface area contributed by atoms with E-state index in [1.807, 2.05) is 4.90 Å². The maximum Gasteiger partial charge on any atom is 0.320 e. The van der Waals surface area contributed by atoms with Crippen LogP contribution in [-0.4, -0.2) is 61.0 Å². The molecule has 1 saturated heterocycles. The molecule has 1 aromatic rings. The van der Waals surface area contributed by atoms with Crippen LogP contribution in [0, 0.1) is 11.6 Å². The molecule has 2 rings (SSSR count). The lowest BCUT2D eigenvalue weighted by molar-refractivity contribution is -0.144. The second-order valence-electron chi connectivity index (χ2n) is 5.35. The molecular weight excluding hydrogens is 306 g/mol. The van der Waals surface area contributed by atoms with Gasteiger partial charge in [-0.1, -0.05) is 0 Å². The van der Waals surface area contributed by atoms with Gasteiger partial charge >= 0.3 is 5.97 Å². The van der Waals surface area contributed by atoms with Gasteiger partial charge in [0, 0.05) is 32.2 Å². The van der Waals surface area contributed by atoms with Crippen molar-refractivity contribution in [1.29, 1.82) is 0 Å². The summed E-state index contributed by atoms with van der Waals surface area (Å²) in [7, 11) is 0. The van der Waals surface area contributed by atoms with E-state index in [1.54, 1.807) is 6.92 Å². The fourth-order valence-electron chi connectivity index (χ4n) is 2.55. The average molecular weight is 326 g/mol. The zero-order chi connectivity index (χ0) is 16.8. The number of ether oxygens (including phenoxy) is 1. The number of nitrogens with zero attached hydrogens (tertiary/aromatic N) is 2. The highest BCUT2D eigenvalue weighted by atomic mass is 19.1. The van der Waals surface area contributed by atoms with E-state index in [-0.39, 0.29) is 18.1 Å². The van der Waals surface area contributed by atoms with Gasteiger partial charge in [-0.3, -0.25) is 14.5 Å². The molecule has 0 spiro atoms. The van der Waals surface area contributed by atoms with Gasteiger partial charge in [0.15, 0.2) is 0 Å². The van der Waals surface area contributed by atoms with Gasteiger partial charge in [-0.05, 0) is 25.5 Å². The highest BCUT2D eigenvalue weighted by molar-refractivity contribution is 5.94. The van der Waals surface area contributed by atoms with Gasteiger partial charge < -0.3 is 9.64 Å². The first-order valence-electron chi connectivity index (χ1n) is 7.63. The van der Waals surface area contributed by atoms with E-state index in [2.05, 4.69) is 0 Å². The van der Waals surface area contributed by atoms with E-state index < -0.39 is 17.5 Å². The van der Waals surface area contributed by atoms with Gasteiger partial charge in [0.25, 0.3) is 5.91 Å². The summed E-state index contributed by atoms with van der Waals surface area (Å²) in [5, 5.41) is 0. The minimum absolute atomic E-state index is 0.134. The van der Waals surface area contributed by atoms with Crippen molar-refractivity contribution in [3.63, 3.8) is 0 Å². The van der Waals surface area contributed by atoms with Crippen LogP contribution in [0.4, 0.5) is 8.78 Å². The van der Waals surface area contributed by atoms with Crippen LogP contribution < -0.4 is 0 Å². The molecule has 1 fully saturated rings. The summed E-state index contributed by atoms with van der Waals surface area (Å²) in [5.74, 6) is -2.32. The number of carbonyl (C=O) groups is 2. The van der Waals surface area contributed by atoms with Crippen molar-refractivity contribution in [2.75, 3.05) is 39.3 Å². The molecule has 1 heterocycles. The minimum Gasteiger partial charge on any atom is -0.465 e. The van der Waals surface area contributed by atoms with E-state index in [0.29, 0.717) is 45.3 Å². The molecule has 7 heteroatoms. The average Bonchev–Trinajstić information content (AvgIpc) is 2.72. The van der Waals surface area contributed by atoms with Crippen molar-refractivity contribution < 1.29 is 23.1 Å². The standard InChI is InChI=1S/C16H20F2N2O3/c1-2-23-15(21)11-19-6-3-7-20(9-8-19)16(22)13-5-4-12(17)10-14(13)18/h4-5,10H,2-3,6-9,11H2,1H3. The van der Waals surface area contributed by atoms with Crippen LogP contribution >= 0.6 is 0 Å². The molecule has 0 aliphatic carbocycles. The first kappa shape index (κ1) is 17.3. The summed E-state index contributed by atoms with van der Waals surface area (Å²) in [4.78, 5) is 27.3. The third kappa shape index (κ3) is 4.72. The smallest absolute Gasteiger partial charge is 0.320 e. The number of hydrogen-bond acceptors (Lipinski definition) is 4. The summed E-state index contributed by atoms with van der Waals surface area (Å²) < 4.78 is 31.6. The second-order valence-corrected chi connectivity index (χ2v) is 5.35. The van der Waals surface area contributed by atoms with Gasteiger partial charge in [0.05, 0.1) is 18.7 Å². The van der Waals surface area contributed by atoms with E-state index in [0.717, 1.165) is 12.1 Å². The molecule has 0 radical (unpaired) electrons. The lowest BCUT2D eigenvalue weighted by Gasteiger charge is -2.21. The predicted octanol–water partition coefficient (Wildman–Crippen LogP) is 1.68. The Balaban J connectivity index is 1.97. The largest absolute Gasteiger partial charge is 0.465 e. The van der Waals surface area contributed by atoms with Gasteiger partial charge in [-0.15, -0.1) is 0 Å². The van der Waals surface area contributed by atoms with Crippen LogP contribution in [0.25, 0.3) is 0 Å². The molecule has 23 heavy (non-hydrogen) atoms. The van der Waals surface area contributed by atoms with Crippen molar-refractivity contribution in [2.24, 2.45) is 0 Å². The van der Waals surface area contributed by atoms with Crippen LogP contribution in [-0.2, 0) is 9.53 Å². The zero-order valence-corrected chi connectivity index (χ0v) is 13.1. The number of benzene rings is 1. The summed E-state index contributed by atoms with van der Waals surface area (Å²) in [6, 6.07) is 2.94. The molecule has 1 aliphatic rings. The molecule has 5 nitrogen and oxygen atoms in total. The highest BCUT2D eigenvalue weighted by Crippen LogP contribution is 2.14. The maximum absolute atomic E-state index is 13.7. The van der Waals surface area contributed by atoms with Crippen molar-refractivity contribution in [1.82, 2.24) is 9.80 Å². The molecule has 0 saturated carbocycles. The Morgan fingerprint density at radius 3 is 2.65 bits per heavy atom. The van der Waals surface area contributed by atoms with E-state index in [4.69, 9.17) is 4.74 Å². The third-order valence-electron chi connectivity index (χ3n) is 3.70. The number of hydrogen-bond donors (Lipinski definition) is 0. The van der Waals surface area contributed by atoms with Crippen LogP contribution in [0.3, 0.4) is 0 Å². The number of amides is 1. The molecule has 0 atom stereocenters. The van der Waals surface area contributed by atoms with Gasteiger partial charge in [-0.25, -0.2) is 8.78 Å². The van der Waals surface area contributed by atoms with Crippen LogP contribution in [0.2, 0.25) is 0 Å². The number of halogens is 2. The molecule has 0 bridgehead atoms. The number of esters is 1. The Morgan fingerprint density at radius 2 is 1.96 bits per heavy atom. The fraction of sp³-hybridized carbons (Fsp3) is 0.500. The lowest BCUT2D eigenvalue weighted by Crippen LogP contribution is -2.37. The Labute approximate surface area is 133 Å². The predicted molar refractivity (Wildman–Crippen MR) is 80.0 cm³/mol. The van der Waals surface area contributed by atoms with Crippen LogP contribution in [0.15, 0.2) is 18.2 Å². The SMILES string of the molecule is CCOC(=O)CN1CCCN(C(=O)c2ccc(F)cc2F)CC1. The second kappa shape index (κ2) is 8.01. The van der Waals surface area contributed by atoms with Crippen molar-refractivity contribution in [2.45, 2.75) is 13.3 Å². The number of rotatable bonds is 4. The summed E-state index contributed by atoms with van der Waals surface area (Å²) >= 11 is 0. The van der Waals surface area contributed by atoms with Gasteiger partial charge in [0.1, 0.15) is 11.6 Å². The summed E-state index contributed by atoms with van der Waals surface area (Å²) in [6.45, 7) is 4.28. The molecule has 1 aromatic carbocycles. The summed E-state index contributed by atoms with van der Waals surface area (Å²) in [6.07, 6.45) is 0.675. The minimum atomic E-state index is -0.859. The first-order valence-corrected chi connectivity index (χ1v) is 7.63. The topological polar surface area (TPSA) is 49.9 Å². The van der Waals surface area contributed by atoms with E-state index in [1.165, 1.54) is 4.90 Å². The fourth-order valence-corrected chi connectivity index (χ4v) is 2.55. The molecule has 1 aliphatic heterocycles. The van der Waals surface area contributed by atoms with Gasteiger partial charge in [0.2, 0.25) is 0 Å². The Bertz CT molecular complexity index is 580. The Kier molecular flexibility index (Phi) is 6.04. The third-order valence-corrected chi connectivity index (χ3v) is 3.70. The molecule has 0 N–H and O–H groups in total. The maximum atomic E-state index is 13.7. The number of carbonyl (C=O) groups excluding carboxylic acids is 2. The Hall–Kier alpha value is -2.02. The van der Waals surface area contributed by atoms with E-state index in [9.17, 15) is 18.4 Å².